The molecule has 3 amide bonds. The molecule has 0 atom stereocenters. The minimum Gasteiger partial charge on any atom is -0.266 e. The molecule has 0 unspecified atom stereocenters. The molecular formula is C17H14N4O3. The first kappa shape index (κ1) is 15.4. The van der Waals surface area contributed by atoms with Crippen molar-refractivity contribution in [2.24, 2.45) is 5.10 Å². The van der Waals surface area contributed by atoms with E-state index in [1.165, 1.54) is 6.92 Å². The van der Waals surface area contributed by atoms with Crippen molar-refractivity contribution in [1.29, 1.82) is 0 Å². The highest BCUT2D eigenvalue weighted by Crippen LogP contribution is 2.14. The summed E-state index contributed by atoms with van der Waals surface area (Å²) in [5.74, 6) is -1.64. The van der Waals surface area contributed by atoms with Crippen LogP contribution in [0, 0.1) is 0 Å². The second kappa shape index (κ2) is 6.33. The molecule has 7 nitrogen and oxygen atoms in total. The van der Waals surface area contributed by atoms with Crippen molar-refractivity contribution >= 4 is 23.4 Å². The van der Waals surface area contributed by atoms with Crippen LogP contribution in [0.4, 0.5) is 0 Å². The van der Waals surface area contributed by atoms with E-state index in [2.05, 4.69) is 10.5 Å². The van der Waals surface area contributed by atoms with Gasteiger partial charge < -0.3 is 0 Å². The standard InChI is InChI=1S/C17H14N4O3/c1-12-15(22)19-21(17(24)14-10-6-3-7-11-14)20(18-12)16(23)13-8-4-2-5-9-13/h2-11H,1H3,(H,19,22). The fourth-order valence-corrected chi connectivity index (χ4v) is 2.13. The van der Waals surface area contributed by atoms with E-state index in [1.54, 1.807) is 60.7 Å². The molecule has 0 aromatic heterocycles. The van der Waals surface area contributed by atoms with Crippen LogP contribution in [0.2, 0.25) is 0 Å². The van der Waals surface area contributed by atoms with Crippen LogP contribution in [0.3, 0.4) is 0 Å². The quantitative estimate of drug-likeness (QED) is 0.912. The van der Waals surface area contributed by atoms with E-state index >= 15 is 0 Å². The van der Waals surface area contributed by atoms with Crippen LogP contribution in [0.25, 0.3) is 0 Å². The van der Waals surface area contributed by atoms with Crippen molar-refractivity contribution in [3.63, 3.8) is 0 Å². The smallest absolute Gasteiger partial charge is 0.266 e. The zero-order valence-corrected chi connectivity index (χ0v) is 12.8. The lowest BCUT2D eigenvalue weighted by Gasteiger charge is -2.33. The van der Waals surface area contributed by atoms with Crippen LogP contribution < -0.4 is 5.43 Å². The zero-order valence-electron chi connectivity index (χ0n) is 12.8. The minimum absolute atomic E-state index is 0.0800. The van der Waals surface area contributed by atoms with E-state index in [-0.39, 0.29) is 5.71 Å². The number of carbonyl (C=O) groups excluding carboxylic acids is 3. The van der Waals surface area contributed by atoms with E-state index in [4.69, 9.17) is 0 Å². The molecule has 1 heterocycles. The Balaban J connectivity index is 1.98. The Labute approximate surface area is 138 Å². The van der Waals surface area contributed by atoms with Crippen LogP contribution >= 0.6 is 0 Å². The Morgan fingerprint density at radius 2 is 1.38 bits per heavy atom. The topological polar surface area (TPSA) is 82.1 Å². The third-order valence-corrected chi connectivity index (χ3v) is 3.39. The average Bonchev–Trinajstić information content (AvgIpc) is 2.64. The van der Waals surface area contributed by atoms with Crippen molar-refractivity contribution in [1.82, 2.24) is 15.7 Å². The Morgan fingerprint density at radius 1 is 0.875 bits per heavy atom. The van der Waals surface area contributed by atoms with Gasteiger partial charge in [0.2, 0.25) is 0 Å². The number of hydrogen-bond donors (Lipinski definition) is 1. The van der Waals surface area contributed by atoms with Gasteiger partial charge in [0.1, 0.15) is 5.71 Å². The van der Waals surface area contributed by atoms with Gasteiger partial charge in [-0.25, -0.2) is 5.43 Å². The zero-order chi connectivity index (χ0) is 17.1. The van der Waals surface area contributed by atoms with E-state index in [0.717, 1.165) is 10.2 Å². The number of hydrazone groups is 1. The van der Waals surface area contributed by atoms with Crippen molar-refractivity contribution in [2.75, 3.05) is 0 Å². The van der Waals surface area contributed by atoms with Crippen molar-refractivity contribution in [2.45, 2.75) is 6.92 Å². The molecule has 1 aliphatic rings. The lowest BCUT2D eigenvalue weighted by Crippen LogP contribution is -2.60. The molecule has 0 fully saturated rings. The fourth-order valence-electron chi connectivity index (χ4n) is 2.13. The van der Waals surface area contributed by atoms with Gasteiger partial charge >= 0.3 is 0 Å². The molecule has 120 valence electrons. The second-order valence-corrected chi connectivity index (χ2v) is 5.07. The van der Waals surface area contributed by atoms with Crippen molar-refractivity contribution < 1.29 is 14.4 Å². The highest BCUT2D eigenvalue weighted by atomic mass is 16.2. The van der Waals surface area contributed by atoms with E-state index < -0.39 is 17.7 Å². The maximum Gasteiger partial charge on any atom is 0.295 e. The molecule has 7 heteroatoms. The summed E-state index contributed by atoms with van der Waals surface area (Å²) in [5, 5.41) is 5.64. The number of hydrogen-bond acceptors (Lipinski definition) is 4. The Morgan fingerprint density at radius 3 is 1.92 bits per heavy atom. The SMILES string of the molecule is CC1=NN(C(=O)c2ccccc2)N(C(=O)c2ccccc2)NC1=O. The Hall–Kier alpha value is -3.48. The van der Waals surface area contributed by atoms with E-state index in [0.29, 0.717) is 11.1 Å². The molecule has 3 rings (SSSR count). The lowest BCUT2D eigenvalue weighted by atomic mass is 10.2. The predicted molar refractivity (Wildman–Crippen MR) is 86.5 cm³/mol. The van der Waals surface area contributed by atoms with Crippen LogP contribution in [-0.4, -0.2) is 33.7 Å². The van der Waals surface area contributed by atoms with E-state index in [1.807, 2.05) is 0 Å². The number of rotatable bonds is 2. The average molecular weight is 322 g/mol. The van der Waals surface area contributed by atoms with Gasteiger partial charge in [-0.2, -0.15) is 0 Å². The molecule has 0 bridgehead atoms. The maximum atomic E-state index is 12.7. The number of benzene rings is 2. The van der Waals surface area contributed by atoms with Crippen LogP contribution in [0.5, 0.6) is 0 Å². The number of amides is 3. The number of nitrogens with zero attached hydrogens (tertiary/aromatic N) is 3. The monoisotopic (exact) mass is 322 g/mol. The fraction of sp³-hybridized carbons (Fsp3) is 0.0588. The summed E-state index contributed by atoms with van der Waals surface area (Å²) in [4.78, 5) is 37.2. The molecule has 0 aliphatic carbocycles. The third kappa shape index (κ3) is 2.87. The molecule has 1 aliphatic heterocycles. The van der Waals surface area contributed by atoms with Gasteiger partial charge in [-0.05, 0) is 31.2 Å². The lowest BCUT2D eigenvalue weighted by molar-refractivity contribution is -0.126. The summed E-state index contributed by atoms with van der Waals surface area (Å²) in [6.07, 6.45) is 0. The molecule has 0 saturated heterocycles. The number of hydrazine groups is 2. The van der Waals surface area contributed by atoms with E-state index in [9.17, 15) is 14.4 Å². The van der Waals surface area contributed by atoms with Gasteiger partial charge in [-0.15, -0.1) is 15.3 Å². The molecule has 2 aromatic carbocycles. The highest BCUT2D eigenvalue weighted by Gasteiger charge is 2.34. The van der Waals surface area contributed by atoms with Crippen LogP contribution in [0.15, 0.2) is 65.8 Å². The largest absolute Gasteiger partial charge is 0.295 e. The first-order chi connectivity index (χ1) is 11.6. The van der Waals surface area contributed by atoms with Crippen LogP contribution in [-0.2, 0) is 4.79 Å². The maximum absolute atomic E-state index is 12.7. The molecule has 0 saturated carbocycles. The molecular weight excluding hydrogens is 308 g/mol. The van der Waals surface area contributed by atoms with Crippen molar-refractivity contribution in [3.8, 4) is 0 Å². The summed E-state index contributed by atoms with van der Waals surface area (Å²) in [6.45, 7) is 1.46. The Bertz CT molecular complexity index is 818. The molecule has 0 radical (unpaired) electrons. The van der Waals surface area contributed by atoms with Gasteiger partial charge in [0, 0.05) is 11.1 Å². The van der Waals surface area contributed by atoms with Gasteiger partial charge in [0.25, 0.3) is 17.7 Å². The predicted octanol–water partition coefficient (Wildman–Crippen LogP) is 1.61. The minimum atomic E-state index is -0.565. The van der Waals surface area contributed by atoms with Gasteiger partial charge in [-0.3, -0.25) is 14.4 Å². The number of nitrogens with one attached hydrogen (secondary N) is 1. The first-order valence-electron chi connectivity index (χ1n) is 7.23. The third-order valence-electron chi connectivity index (χ3n) is 3.39. The highest BCUT2D eigenvalue weighted by molar-refractivity contribution is 6.38. The summed E-state index contributed by atoms with van der Waals surface area (Å²) in [7, 11) is 0. The summed E-state index contributed by atoms with van der Waals surface area (Å²) in [6, 6.07) is 16.7. The molecule has 0 spiro atoms. The second-order valence-electron chi connectivity index (χ2n) is 5.07. The van der Waals surface area contributed by atoms with Gasteiger partial charge in [-0.1, -0.05) is 36.4 Å². The normalized spacial score (nSPS) is 14.0. The Kier molecular flexibility index (Phi) is 4.07. The molecule has 1 N–H and O–H groups in total. The number of carbonyl (C=O) groups is 3. The summed E-state index contributed by atoms with van der Waals surface area (Å²) >= 11 is 0. The van der Waals surface area contributed by atoms with Gasteiger partial charge in [0.05, 0.1) is 0 Å². The summed E-state index contributed by atoms with van der Waals surface area (Å²) in [5.41, 5.74) is 3.13. The summed E-state index contributed by atoms with van der Waals surface area (Å²) < 4.78 is 0. The molecule has 2 aromatic rings. The van der Waals surface area contributed by atoms with Crippen molar-refractivity contribution in [3.05, 3.63) is 71.8 Å². The first-order valence-corrected chi connectivity index (χ1v) is 7.23. The van der Waals surface area contributed by atoms with Gasteiger partial charge in [0.15, 0.2) is 0 Å². The van der Waals surface area contributed by atoms with Crippen LogP contribution in [0.1, 0.15) is 27.6 Å². The molecule has 24 heavy (non-hydrogen) atoms.